The van der Waals surface area contributed by atoms with Crippen molar-refractivity contribution in [2.45, 2.75) is 19.3 Å². The summed E-state index contributed by atoms with van der Waals surface area (Å²) in [5.41, 5.74) is 11.8. The Morgan fingerprint density at radius 1 is 1.16 bits per heavy atom. The van der Waals surface area contributed by atoms with Crippen molar-refractivity contribution in [3.05, 3.63) is 91.8 Å². The summed E-state index contributed by atoms with van der Waals surface area (Å²) < 4.78 is 0. The fraction of sp³-hybridized carbons (Fsp3) is 0.222. The van der Waals surface area contributed by atoms with Crippen molar-refractivity contribution in [3.8, 4) is 11.4 Å². The van der Waals surface area contributed by atoms with Crippen molar-refractivity contribution in [2.75, 3.05) is 13.1 Å². The van der Waals surface area contributed by atoms with Crippen molar-refractivity contribution in [2.24, 2.45) is 5.92 Å². The van der Waals surface area contributed by atoms with Gasteiger partial charge in [0.25, 0.3) is 0 Å². The van der Waals surface area contributed by atoms with Crippen LogP contribution in [-0.4, -0.2) is 28.3 Å². The molecule has 32 heavy (non-hydrogen) atoms. The molecule has 4 nitrogen and oxygen atoms in total. The lowest BCUT2D eigenvalue weighted by molar-refractivity contribution is 0.702. The van der Waals surface area contributed by atoms with Gasteiger partial charge in [0, 0.05) is 35.4 Å². The maximum atomic E-state index is 4.78. The minimum absolute atomic E-state index is 0.546. The Morgan fingerprint density at radius 2 is 2.16 bits per heavy atom. The van der Waals surface area contributed by atoms with E-state index in [1.807, 2.05) is 0 Å². The van der Waals surface area contributed by atoms with Crippen molar-refractivity contribution in [1.29, 1.82) is 0 Å². The predicted octanol–water partition coefficient (Wildman–Crippen LogP) is 3.82. The van der Waals surface area contributed by atoms with Gasteiger partial charge in [0.05, 0.1) is 11.0 Å². The molecule has 0 aromatic carbocycles. The number of nitrogens with zero attached hydrogens (tertiary/aromatic N) is 1. The summed E-state index contributed by atoms with van der Waals surface area (Å²) >= 11 is 1.74. The van der Waals surface area contributed by atoms with Crippen LogP contribution < -0.4 is 15.9 Å². The molecule has 1 unspecified atom stereocenters. The first-order valence-corrected chi connectivity index (χ1v) is 12.3. The average molecular weight is 437 g/mol. The Balaban J connectivity index is 1.33. The quantitative estimate of drug-likeness (QED) is 0.585. The van der Waals surface area contributed by atoms with Crippen LogP contribution in [0.15, 0.2) is 64.4 Å². The van der Waals surface area contributed by atoms with Crippen molar-refractivity contribution in [1.82, 2.24) is 20.5 Å². The highest BCUT2D eigenvalue weighted by Gasteiger charge is 2.37. The van der Waals surface area contributed by atoms with Gasteiger partial charge < -0.3 is 10.3 Å². The van der Waals surface area contributed by atoms with Crippen LogP contribution in [0.1, 0.15) is 29.7 Å². The monoisotopic (exact) mass is 436 g/mol. The molecular formula is C27H24N4S. The van der Waals surface area contributed by atoms with E-state index in [-0.39, 0.29) is 0 Å². The second-order valence-corrected chi connectivity index (χ2v) is 9.69. The van der Waals surface area contributed by atoms with E-state index in [0.717, 1.165) is 49.1 Å². The number of H-pyrrole nitrogens is 2. The van der Waals surface area contributed by atoms with Crippen molar-refractivity contribution >= 4 is 28.6 Å². The van der Waals surface area contributed by atoms with Gasteiger partial charge >= 0.3 is 0 Å². The normalized spacial score (nSPS) is 21.3. The largest absolute Gasteiger partial charge is 0.356 e. The Bertz CT molecular complexity index is 1470. The Labute approximate surface area is 190 Å². The molecule has 5 heteroatoms. The second kappa shape index (κ2) is 7.19. The molecule has 3 aromatic heterocycles. The van der Waals surface area contributed by atoms with Crippen LogP contribution in [0.4, 0.5) is 0 Å². The maximum absolute atomic E-state index is 4.78. The summed E-state index contributed by atoms with van der Waals surface area (Å²) in [6.07, 6.45) is 16.7. The fourth-order valence-corrected chi connectivity index (χ4v) is 6.03. The molecule has 3 aromatic rings. The topological polar surface area (TPSA) is 56.5 Å². The van der Waals surface area contributed by atoms with E-state index in [9.17, 15) is 0 Å². The van der Waals surface area contributed by atoms with E-state index in [2.05, 4.69) is 74.7 Å². The molecule has 0 amide bonds. The van der Waals surface area contributed by atoms with Crippen LogP contribution in [0.2, 0.25) is 0 Å². The minimum atomic E-state index is 0.546. The lowest BCUT2D eigenvalue weighted by atomic mass is 9.96. The molecule has 1 saturated carbocycles. The highest BCUT2D eigenvalue weighted by Crippen LogP contribution is 2.48. The zero-order valence-corrected chi connectivity index (χ0v) is 18.6. The van der Waals surface area contributed by atoms with Gasteiger partial charge in [-0.05, 0) is 76.2 Å². The summed E-state index contributed by atoms with van der Waals surface area (Å²) in [7, 11) is 0. The van der Waals surface area contributed by atoms with Crippen LogP contribution in [0.3, 0.4) is 0 Å². The second-order valence-electron chi connectivity index (χ2n) is 8.91. The molecule has 7 rings (SSSR count). The van der Waals surface area contributed by atoms with E-state index >= 15 is 0 Å². The smallest absolute Gasteiger partial charge is 0.116 e. The first kappa shape index (κ1) is 18.4. The standard InChI is InChI=1S/C27H24N4S/c1-2-4-23-21(18(3-1)17-9-12-32-15-17)14-25(29-23)27-26-22-13-20(22)19(5-6-24(26)30-31-27)16-7-10-28-11-8-16/h1-3,5-7,9,12,14-15,20,28-30H,4,8,10-11,13H2. The summed E-state index contributed by atoms with van der Waals surface area (Å²) in [5.74, 6) is 0.546. The van der Waals surface area contributed by atoms with E-state index < -0.39 is 0 Å². The molecule has 0 radical (unpaired) electrons. The number of aromatic nitrogens is 3. The van der Waals surface area contributed by atoms with Crippen molar-refractivity contribution < 1.29 is 0 Å². The molecule has 4 heterocycles. The number of hydrogen-bond acceptors (Lipinski definition) is 3. The third kappa shape index (κ3) is 2.89. The fourth-order valence-electron chi connectivity index (χ4n) is 5.37. The summed E-state index contributed by atoms with van der Waals surface area (Å²) in [6.45, 7) is 2.06. The van der Waals surface area contributed by atoms with Gasteiger partial charge in [0.15, 0.2) is 0 Å². The third-order valence-corrected chi connectivity index (χ3v) is 7.72. The van der Waals surface area contributed by atoms with Gasteiger partial charge in [-0.25, -0.2) is 0 Å². The van der Waals surface area contributed by atoms with Gasteiger partial charge in [-0.2, -0.15) is 16.4 Å². The van der Waals surface area contributed by atoms with Crippen LogP contribution in [-0.2, 0) is 6.42 Å². The SMILES string of the molecule is C1=CCc2[nH]c(-c3n[nH]c4c3=C3CC3C(C3=CCNCC3)=CC=4)cc2C(c2ccsc2)=C1. The number of aromatic amines is 2. The summed E-state index contributed by atoms with van der Waals surface area (Å²) in [4.78, 5) is 3.72. The molecule has 0 spiro atoms. The Hall–Kier alpha value is -3.15. The van der Waals surface area contributed by atoms with E-state index in [0.29, 0.717) is 5.92 Å². The first-order chi connectivity index (χ1) is 15.9. The molecule has 1 aliphatic heterocycles. The molecule has 0 bridgehead atoms. The lowest BCUT2D eigenvalue weighted by Crippen LogP contribution is -2.23. The van der Waals surface area contributed by atoms with E-state index in [4.69, 9.17) is 5.10 Å². The highest BCUT2D eigenvalue weighted by atomic mass is 32.1. The predicted molar refractivity (Wildman–Crippen MR) is 131 cm³/mol. The van der Waals surface area contributed by atoms with E-state index in [1.165, 1.54) is 44.3 Å². The van der Waals surface area contributed by atoms with Crippen LogP contribution in [0, 0.1) is 5.92 Å². The lowest BCUT2D eigenvalue weighted by Gasteiger charge is -2.16. The zero-order chi connectivity index (χ0) is 21.1. The molecular weight excluding hydrogens is 412 g/mol. The molecule has 1 fully saturated rings. The summed E-state index contributed by atoms with van der Waals surface area (Å²) in [5, 5.41) is 18.4. The number of rotatable bonds is 3. The van der Waals surface area contributed by atoms with Crippen LogP contribution in [0.25, 0.3) is 28.6 Å². The first-order valence-electron chi connectivity index (χ1n) is 11.4. The molecule has 1 atom stereocenters. The molecule has 3 aliphatic carbocycles. The van der Waals surface area contributed by atoms with E-state index in [1.54, 1.807) is 11.3 Å². The number of thiophene rings is 1. The molecule has 158 valence electrons. The van der Waals surface area contributed by atoms with Gasteiger partial charge in [-0.1, -0.05) is 30.4 Å². The highest BCUT2D eigenvalue weighted by molar-refractivity contribution is 7.08. The summed E-state index contributed by atoms with van der Waals surface area (Å²) in [6, 6.07) is 4.50. The third-order valence-electron chi connectivity index (χ3n) is 7.04. The number of nitrogens with one attached hydrogen (secondary N) is 3. The number of fused-ring (bicyclic) bond motifs is 3. The average Bonchev–Trinajstić information content (AvgIpc) is 3.13. The Morgan fingerprint density at radius 3 is 3.03 bits per heavy atom. The Kier molecular flexibility index (Phi) is 4.14. The van der Waals surface area contributed by atoms with Crippen molar-refractivity contribution in [3.63, 3.8) is 0 Å². The van der Waals surface area contributed by atoms with Gasteiger partial charge in [0.2, 0.25) is 0 Å². The molecule has 3 N–H and O–H groups in total. The van der Waals surface area contributed by atoms with Gasteiger partial charge in [0.1, 0.15) is 5.69 Å². The van der Waals surface area contributed by atoms with Gasteiger partial charge in [-0.15, -0.1) is 0 Å². The van der Waals surface area contributed by atoms with Crippen LogP contribution in [0.5, 0.6) is 0 Å². The molecule has 4 aliphatic rings. The minimum Gasteiger partial charge on any atom is -0.356 e. The van der Waals surface area contributed by atoms with Gasteiger partial charge in [-0.3, -0.25) is 5.10 Å². The number of allylic oxidation sites excluding steroid dienone is 5. The molecule has 0 saturated heterocycles. The number of hydrogen-bond donors (Lipinski definition) is 3. The van der Waals surface area contributed by atoms with Crippen LogP contribution >= 0.6 is 11.3 Å². The maximum Gasteiger partial charge on any atom is 0.116 e. The zero-order valence-electron chi connectivity index (χ0n) is 17.7.